The summed E-state index contributed by atoms with van der Waals surface area (Å²) in [4.78, 5) is 15.5. The zero-order valence-electron chi connectivity index (χ0n) is 19.7. The predicted molar refractivity (Wildman–Crippen MR) is 131 cm³/mol. The van der Waals surface area contributed by atoms with E-state index < -0.39 is 10.0 Å². The van der Waals surface area contributed by atoms with E-state index in [1.807, 2.05) is 30.2 Å². The molecule has 1 aromatic carbocycles. The molecule has 2 fully saturated rings. The van der Waals surface area contributed by atoms with Crippen LogP contribution in [0.1, 0.15) is 65.9 Å². The molecule has 0 unspecified atom stereocenters. The van der Waals surface area contributed by atoms with Crippen molar-refractivity contribution in [3.63, 3.8) is 0 Å². The van der Waals surface area contributed by atoms with Crippen LogP contribution in [-0.2, 0) is 10.0 Å². The number of rotatable bonds is 4. The van der Waals surface area contributed by atoms with Crippen LogP contribution in [0.3, 0.4) is 0 Å². The van der Waals surface area contributed by atoms with Gasteiger partial charge in [0.25, 0.3) is 5.91 Å². The highest BCUT2D eigenvalue weighted by Crippen LogP contribution is 2.32. The molecule has 2 aromatic heterocycles. The molecule has 8 heteroatoms. The van der Waals surface area contributed by atoms with Gasteiger partial charge in [0.15, 0.2) is 0 Å². The summed E-state index contributed by atoms with van der Waals surface area (Å²) >= 11 is 0. The number of carbonyl (C=O) groups excluding carboxylic acids is 1. The van der Waals surface area contributed by atoms with Crippen LogP contribution in [0.2, 0.25) is 0 Å². The lowest BCUT2D eigenvalue weighted by molar-refractivity contribution is 0.0763. The minimum Gasteiger partial charge on any atom is -0.339 e. The number of aryl methyl sites for hydroxylation is 1. The molecule has 0 bridgehead atoms. The van der Waals surface area contributed by atoms with Crippen molar-refractivity contribution in [3.8, 4) is 0 Å². The van der Waals surface area contributed by atoms with Crippen LogP contribution in [0, 0.1) is 6.92 Å². The second kappa shape index (κ2) is 9.50. The molecule has 2 aliphatic heterocycles. The van der Waals surface area contributed by atoms with E-state index in [4.69, 9.17) is 0 Å². The normalized spacial score (nSPS) is 18.8. The Bertz CT molecular complexity index is 1270. The topological polar surface area (TPSA) is 75.0 Å². The average molecular weight is 481 g/mol. The lowest BCUT2D eigenvalue weighted by Gasteiger charge is -2.31. The molecule has 3 aromatic rings. The molecule has 4 heterocycles. The number of nitrogens with zero attached hydrogens (tertiary/aromatic N) is 4. The summed E-state index contributed by atoms with van der Waals surface area (Å²) in [5, 5.41) is 4.41. The highest BCUT2D eigenvalue weighted by Gasteiger charge is 2.30. The molecule has 0 spiro atoms. The third-order valence-electron chi connectivity index (χ3n) is 7.25. The van der Waals surface area contributed by atoms with Crippen molar-refractivity contribution in [2.24, 2.45) is 0 Å². The third-order valence-corrected chi connectivity index (χ3v) is 9.17. The van der Waals surface area contributed by atoms with Gasteiger partial charge in [-0.15, -0.1) is 0 Å². The number of hydrogen-bond donors (Lipinski definition) is 0. The Morgan fingerprint density at radius 2 is 1.62 bits per heavy atom. The number of fused-ring (bicyclic) bond motifs is 1. The fraction of sp³-hybridized carbons (Fsp3) is 0.462. The number of amides is 1. The predicted octanol–water partition coefficient (Wildman–Crippen LogP) is 4.23. The second-order valence-corrected chi connectivity index (χ2v) is 11.5. The molecule has 0 N–H and O–H groups in total. The van der Waals surface area contributed by atoms with Crippen molar-refractivity contribution in [1.82, 2.24) is 18.8 Å². The Morgan fingerprint density at radius 1 is 0.941 bits per heavy atom. The number of benzene rings is 1. The summed E-state index contributed by atoms with van der Waals surface area (Å²) in [6.45, 7) is 4.55. The van der Waals surface area contributed by atoms with Gasteiger partial charge in [0.1, 0.15) is 0 Å². The van der Waals surface area contributed by atoms with E-state index in [1.165, 1.54) is 12.8 Å². The van der Waals surface area contributed by atoms with Crippen LogP contribution in [-0.4, -0.2) is 59.3 Å². The highest BCUT2D eigenvalue weighted by atomic mass is 32.2. The summed E-state index contributed by atoms with van der Waals surface area (Å²) in [5.41, 5.74) is 3.68. The van der Waals surface area contributed by atoms with E-state index in [0.29, 0.717) is 23.5 Å². The average Bonchev–Trinajstić information content (AvgIpc) is 3.08. The van der Waals surface area contributed by atoms with Gasteiger partial charge in [-0.2, -0.15) is 9.40 Å². The number of sulfonamides is 1. The molecule has 5 rings (SSSR count). The Hall–Kier alpha value is -2.71. The highest BCUT2D eigenvalue weighted by molar-refractivity contribution is 7.89. The van der Waals surface area contributed by atoms with Crippen LogP contribution in [0.25, 0.3) is 5.52 Å². The number of piperidine rings is 1. The zero-order valence-corrected chi connectivity index (χ0v) is 20.5. The maximum atomic E-state index is 13.2. The van der Waals surface area contributed by atoms with Gasteiger partial charge in [-0.25, -0.2) is 12.9 Å². The van der Waals surface area contributed by atoms with E-state index in [1.54, 1.807) is 27.2 Å². The minimum absolute atomic E-state index is 0.0630. The van der Waals surface area contributed by atoms with Crippen molar-refractivity contribution in [2.75, 3.05) is 26.2 Å². The second-order valence-electron chi connectivity index (χ2n) is 9.55. The largest absolute Gasteiger partial charge is 0.339 e. The van der Waals surface area contributed by atoms with Crippen molar-refractivity contribution in [3.05, 3.63) is 65.5 Å². The maximum absolute atomic E-state index is 13.2. The molecule has 1 amide bonds. The van der Waals surface area contributed by atoms with E-state index in [0.717, 1.165) is 55.4 Å². The summed E-state index contributed by atoms with van der Waals surface area (Å²) in [7, 11) is -3.47. The van der Waals surface area contributed by atoms with Crippen molar-refractivity contribution < 1.29 is 13.2 Å². The van der Waals surface area contributed by atoms with Crippen molar-refractivity contribution in [2.45, 2.75) is 56.3 Å². The van der Waals surface area contributed by atoms with Crippen LogP contribution in [0.4, 0.5) is 0 Å². The summed E-state index contributed by atoms with van der Waals surface area (Å²) in [6, 6.07) is 11.2. The van der Waals surface area contributed by atoms with Crippen molar-refractivity contribution >= 4 is 21.4 Å². The Morgan fingerprint density at radius 3 is 2.29 bits per heavy atom. The molecule has 7 nitrogen and oxygen atoms in total. The van der Waals surface area contributed by atoms with Gasteiger partial charge >= 0.3 is 0 Å². The first-order chi connectivity index (χ1) is 16.4. The van der Waals surface area contributed by atoms with Gasteiger partial charge in [-0.1, -0.05) is 30.5 Å². The lowest BCUT2D eigenvalue weighted by Crippen LogP contribution is -2.37. The molecule has 2 aliphatic rings. The van der Waals surface area contributed by atoms with Gasteiger partial charge in [-0.3, -0.25) is 4.79 Å². The smallest absolute Gasteiger partial charge is 0.257 e. The van der Waals surface area contributed by atoms with Gasteiger partial charge in [-0.05, 0) is 68.4 Å². The number of carbonyl (C=O) groups is 1. The summed E-state index contributed by atoms with van der Waals surface area (Å²) < 4.78 is 29.5. The summed E-state index contributed by atoms with van der Waals surface area (Å²) in [5.74, 6) is 0.318. The lowest BCUT2D eigenvalue weighted by atomic mass is 9.90. The molecule has 0 saturated carbocycles. The molecule has 2 saturated heterocycles. The molecular weight excluding hydrogens is 448 g/mol. The monoisotopic (exact) mass is 480 g/mol. The van der Waals surface area contributed by atoms with Gasteiger partial charge < -0.3 is 4.90 Å². The molecule has 180 valence electrons. The first-order valence-electron chi connectivity index (χ1n) is 12.3. The van der Waals surface area contributed by atoms with Crippen LogP contribution < -0.4 is 0 Å². The van der Waals surface area contributed by atoms with Crippen molar-refractivity contribution in [1.29, 1.82) is 0 Å². The van der Waals surface area contributed by atoms with Gasteiger partial charge in [0.2, 0.25) is 10.0 Å². The fourth-order valence-corrected chi connectivity index (χ4v) is 6.62. The molecular formula is C26H32N4O3S. The van der Waals surface area contributed by atoms with E-state index in [9.17, 15) is 13.2 Å². The quantitative estimate of drug-likeness (QED) is 0.560. The first kappa shape index (κ1) is 23.1. The fourth-order valence-electron chi connectivity index (χ4n) is 5.15. The standard InChI is InChI=1S/C26H32N4O3S/c1-20-6-8-23(9-7-20)34(32,33)29-15-10-21(11-16-29)22-12-17-30-25(18-22)24(19-27-30)26(31)28-13-4-2-3-5-14-28/h6-9,12,17-19,21H,2-5,10-11,13-16H2,1H3. The molecule has 0 radical (unpaired) electrons. The number of likely N-dealkylation sites (tertiary alicyclic amines) is 1. The number of pyridine rings is 1. The number of aromatic nitrogens is 2. The minimum atomic E-state index is -3.47. The molecule has 0 aliphatic carbocycles. The molecule has 34 heavy (non-hydrogen) atoms. The summed E-state index contributed by atoms with van der Waals surface area (Å²) in [6.07, 6.45) is 9.58. The van der Waals surface area contributed by atoms with E-state index in [2.05, 4.69) is 17.2 Å². The first-order valence-corrected chi connectivity index (χ1v) is 13.7. The maximum Gasteiger partial charge on any atom is 0.257 e. The Labute approximate surface area is 201 Å². The Balaban J connectivity index is 1.32. The van der Waals surface area contributed by atoms with E-state index in [-0.39, 0.29) is 11.8 Å². The Kier molecular flexibility index (Phi) is 6.44. The van der Waals surface area contributed by atoms with Crippen LogP contribution >= 0.6 is 0 Å². The SMILES string of the molecule is Cc1ccc(S(=O)(=O)N2CCC(c3ccn4ncc(C(=O)N5CCCCCC5)c4c3)CC2)cc1. The van der Waals surface area contributed by atoms with Gasteiger partial charge in [0, 0.05) is 32.4 Å². The van der Waals surface area contributed by atoms with Crippen LogP contribution in [0.15, 0.2) is 53.7 Å². The van der Waals surface area contributed by atoms with E-state index >= 15 is 0 Å². The van der Waals surface area contributed by atoms with Crippen LogP contribution in [0.5, 0.6) is 0 Å². The molecule has 0 atom stereocenters. The number of hydrogen-bond acceptors (Lipinski definition) is 4. The van der Waals surface area contributed by atoms with Gasteiger partial charge in [0.05, 0.1) is 22.2 Å². The zero-order chi connectivity index (χ0) is 23.7. The third kappa shape index (κ3) is 4.49.